The maximum Gasteiger partial charge on any atom is 0.410 e. The van der Waals surface area contributed by atoms with E-state index in [0.29, 0.717) is 38.2 Å². The third-order valence-electron chi connectivity index (χ3n) is 4.63. The average Bonchev–Trinajstić information content (AvgIpc) is 3.35. The summed E-state index contributed by atoms with van der Waals surface area (Å²) in [5, 5.41) is 0. The van der Waals surface area contributed by atoms with Crippen LogP contribution in [0.4, 0.5) is 4.79 Å². The van der Waals surface area contributed by atoms with Crippen molar-refractivity contribution in [3.8, 4) is 0 Å². The molecule has 2 amide bonds. The largest absolute Gasteiger partial charge is 0.445 e. The third kappa shape index (κ3) is 4.41. The Balaban J connectivity index is 1.46. The molecule has 24 heavy (non-hydrogen) atoms. The maximum absolute atomic E-state index is 12.2. The van der Waals surface area contributed by atoms with Crippen LogP contribution >= 0.6 is 11.6 Å². The SMILES string of the molecule is O=C(OCc1ccccc1)N1CC[C@H](CN(C(=O)CCl)C2CC2)C1. The van der Waals surface area contributed by atoms with Gasteiger partial charge in [-0.1, -0.05) is 30.3 Å². The zero-order valence-corrected chi connectivity index (χ0v) is 14.5. The highest BCUT2D eigenvalue weighted by atomic mass is 35.5. The van der Waals surface area contributed by atoms with Crippen LogP contribution in [0, 0.1) is 5.92 Å². The molecule has 3 rings (SSSR count). The predicted octanol–water partition coefficient (Wildman–Crippen LogP) is 2.87. The number of carbonyl (C=O) groups excluding carboxylic acids is 2. The molecule has 0 aromatic heterocycles. The molecule has 5 nitrogen and oxygen atoms in total. The summed E-state index contributed by atoms with van der Waals surface area (Å²) in [6.07, 6.45) is 2.76. The van der Waals surface area contributed by atoms with Crippen LogP contribution in [0.1, 0.15) is 24.8 Å². The summed E-state index contributed by atoms with van der Waals surface area (Å²) in [4.78, 5) is 27.8. The molecule has 1 saturated carbocycles. The van der Waals surface area contributed by atoms with Crippen molar-refractivity contribution in [3.63, 3.8) is 0 Å². The Kier molecular flexibility index (Phi) is 5.61. The van der Waals surface area contributed by atoms with Gasteiger partial charge < -0.3 is 14.5 Å². The van der Waals surface area contributed by atoms with E-state index < -0.39 is 0 Å². The number of ether oxygens (including phenoxy) is 1. The molecule has 0 N–H and O–H groups in total. The molecule has 1 heterocycles. The summed E-state index contributed by atoms with van der Waals surface area (Å²) in [5.41, 5.74) is 0.981. The second-order valence-electron chi connectivity index (χ2n) is 6.55. The lowest BCUT2D eigenvalue weighted by Crippen LogP contribution is -2.39. The highest BCUT2D eigenvalue weighted by Gasteiger charge is 2.36. The molecule has 1 saturated heterocycles. The Morgan fingerprint density at radius 1 is 1.21 bits per heavy atom. The molecule has 1 aliphatic heterocycles. The van der Waals surface area contributed by atoms with Gasteiger partial charge in [0.15, 0.2) is 0 Å². The fraction of sp³-hybridized carbons (Fsp3) is 0.556. The fourth-order valence-corrected chi connectivity index (χ4v) is 3.31. The summed E-state index contributed by atoms with van der Waals surface area (Å²) in [7, 11) is 0. The van der Waals surface area contributed by atoms with Crippen molar-refractivity contribution >= 4 is 23.6 Å². The van der Waals surface area contributed by atoms with Crippen molar-refractivity contribution in [1.82, 2.24) is 9.80 Å². The molecule has 1 aromatic rings. The zero-order chi connectivity index (χ0) is 16.9. The summed E-state index contributed by atoms with van der Waals surface area (Å²) < 4.78 is 5.38. The van der Waals surface area contributed by atoms with Crippen molar-refractivity contribution in [2.45, 2.75) is 31.9 Å². The van der Waals surface area contributed by atoms with Gasteiger partial charge in [0.05, 0.1) is 0 Å². The Labute approximate surface area is 147 Å². The van der Waals surface area contributed by atoms with Crippen molar-refractivity contribution in [2.24, 2.45) is 5.92 Å². The monoisotopic (exact) mass is 350 g/mol. The first kappa shape index (κ1) is 17.1. The van der Waals surface area contributed by atoms with E-state index in [4.69, 9.17) is 16.3 Å². The molecule has 6 heteroatoms. The number of carbonyl (C=O) groups is 2. The van der Waals surface area contributed by atoms with Gasteiger partial charge in [0.25, 0.3) is 0 Å². The van der Waals surface area contributed by atoms with Crippen LogP contribution < -0.4 is 0 Å². The molecule has 2 fully saturated rings. The maximum atomic E-state index is 12.2. The van der Waals surface area contributed by atoms with Gasteiger partial charge in [0.1, 0.15) is 12.5 Å². The van der Waals surface area contributed by atoms with E-state index in [1.54, 1.807) is 4.90 Å². The first-order valence-electron chi connectivity index (χ1n) is 8.48. The highest BCUT2D eigenvalue weighted by molar-refractivity contribution is 6.27. The van der Waals surface area contributed by atoms with Gasteiger partial charge in [0.2, 0.25) is 5.91 Å². The lowest BCUT2D eigenvalue weighted by atomic mass is 10.1. The van der Waals surface area contributed by atoms with Crippen molar-refractivity contribution in [1.29, 1.82) is 0 Å². The molecule has 1 aliphatic carbocycles. The summed E-state index contributed by atoms with van der Waals surface area (Å²) in [6.45, 7) is 2.32. The molecular formula is C18H23ClN2O3. The molecule has 1 aromatic carbocycles. The molecule has 0 radical (unpaired) electrons. The number of nitrogens with zero attached hydrogens (tertiary/aromatic N) is 2. The van der Waals surface area contributed by atoms with Crippen LogP contribution in [0.2, 0.25) is 0 Å². The van der Waals surface area contributed by atoms with Crippen molar-refractivity contribution in [3.05, 3.63) is 35.9 Å². The summed E-state index contributed by atoms with van der Waals surface area (Å²) in [5.74, 6) is 0.345. The van der Waals surface area contributed by atoms with E-state index in [0.717, 1.165) is 24.8 Å². The van der Waals surface area contributed by atoms with E-state index in [-0.39, 0.29) is 17.9 Å². The molecule has 1 atom stereocenters. The molecule has 0 unspecified atom stereocenters. The van der Waals surface area contributed by atoms with Crippen LogP contribution in [0.25, 0.3) is 0 Å². The Morgan fingerprint density at radius 3 is 2.62 bits per heavy atom. The Morgan fingerprint density at radius 2 is 1.96 bits per heavy atom. The fourth-order valence-electron chi connectivity index (χ4n) is 3.15. The minimum absolute atomic E-state index is 0.00395. The lowest BCUT2D eigenvalue weighted by Gasteiger charge is -2.25. The molecule has 0 bridgehead atoms. The predicted molar refractivity (Wildman–Crippen MR) is 91.8 cm³/mol. The summed E-state index contributed by atoms with van der Waals surface area (Å²) in [6, 6.07) is 10.0. The molecule has 0 spiro atoms. The summed E-state index contributed by atoms with van der Waals surface area (Å²) >= 11 is 5.71. The highest BCUT2D eigenvalue weighted by Crippen LogP contribution is 2.29. The topological polar surface area (TPSA) is 49.9 Å². The van der Waals surface area contributed by atoms with Crippen LogP contribution in [0.15, 0.2) is 30.3 Å². The smallest absolute Gasteiger partial charge is 0.410 e. The van der Waals surface area contributed by atoms with Gasteiger partial charge in [-0.2, -0.15) is 0 Å². The zero-order valence-electron chi connectivity index (χ0n) is 13.7. The van der Waals surface area contributed by atoms with Crippen molar-refractivity contribution in [2.75, 3.05) is 25.5 Å². The first-order valence-corrected chi connectivity index (χ1v) is 9.02. The number of rotatable bonds is 6. The Bertz CT molecular complexity index is 577. The van der Waals surface area contributed by atoms with Gasteiger partial charge in [-0.25, -0.2) is 4.79 Å². The van der Waals surface area contributed by atoms with Gasteiger partial charge in [-0.15, -0.1) is 11.6 Å². The Hall–Kier alpha value is -1.75. The van der Waals surface area contributed by atoms with Crippen LogP contribution in [0.5, 0.6) is 0 Å². The van der Waals surface area contributed by atoms with Crippen LogP contribution in [-0.2, 0) is 16.1 Å². The normalized spacial score (nSPS) is 20.0. The van der Waals surface area contributed by atoms with E-state index in [2.05, 4.69) is 0 Å². The van der Waals surface area contributed by atoms with Crippen LogP contribution in [0.3, 0.4) is 0 Å². The number of likely N-dealkylation sites (tertiary alicyclic amines) is 1. The van der Waals surface area contributed by atoms with E-state index in [9.17, 15) is 9.59 Å². The van der Waals surface area contributed by atoms with E-state index >= 15 is 0 Å². The minimum Gasteiger partial charge on any atom is -0.445 e. The lowest BCUT2D eigenvalue weighted by molar-refractivity contribution is -0.129. The van der Waals surface area contributed by atoms with E-state index in [1.165, 1.54) is 0 Å². The van der Waals surface area contributed by atoms with Crippen LogP contribution in [-0.4, -0.2) is 53.4 Å². The number of halogens is 1. The molecule has 2 aliphatic rings. The molecular weight excluding hydrogens is 328 g/mol. The number of hydrogen-bond acceptors (Lipinski definition) is 3. The second-order valence-corrected chi connectivity index (χ2v) is 6.82. The van der Waals surface area contributed by atoms with Gasteiger partial charge in [-0.05, 0) is 30.7 Å². The number of amides is 2. The quantitative estimate of drug-likeness (QED) is 0.741. The van der Waals surface area contributed by atoms with Gasteiger partial charge in [-0.3, -0.25) is 4.79 Å². The second kappa shape index (κ2) is 7.88. The average molecular weight is 351 g/mol. The van der Waals surface area contributed by atoms with E-state index in [1.807, 2.05) is 35.2 Å². The van der Waals surface area contributed by atoms with Crippen molar-refractivity contribution < 1.29 is 14.3 Å². The first-order chi connectivity index (χ1) is 11.7. The van der Waals surface area contributed by atoms with Gasteiger partial charge >= 0.3 is 6.09 Å². The molecule has 130 valence electrons. The number of hydrogen-bond donors (Lipinski definition) is 0. The third-order valence-corrected chi connectivity index (χ3v) is 4.86. The van der Waals surface area contributed by atoms with Gasteiger partial charge in [0, 0.05) is 25.7 Å². The minimum atomic E-state index is -0.275. The number of alkyl halides is 1. The standard InChI is InChI=1S/C18H23ClN2O3/c19-10-17(22)21(16-6-7-16)12-15-8-9-20(11-15)18(23)24-13-14-4-2-1-3-5-14/h1-5,15-16H,6-13H2/t15-/m0/s1. The number of benzene rings is 1.